The van der Waals surface area contributed by atoms with Gasteiger partial charge in [0.2, 0.25) is 0 Å². The first kappa shape index (κ1) is 14.8. The van der Waals surface area contributed by atoms with Gasteiger partial charge in [0, 0.05) is 26.2 Å². The van der Waals surface area contributed by atoms with E-state index < -0.39 is 5.97 Å². The number of carboxylic acids is 1. The maximum absolute atomic E-state index is 12.1. The van der Waals surface area contributed by atoms with Gasteiger partial charge in [-0.2, -0.15) is 0 Å². The van der Waals surface area contributed by atoms with Gasteiger partial charge in [-0.25, -0.2) is 4.79 Å². The van der Waals surface area contributed by atoms with Crippen LogP contribution in [0, 0.1) is 0 Å². The van der Waals surface area contributed by atoms with Crippen LogP contribution in [0.5, 0.6) is 0 Å². The monoisotopic (exact) mass is 258 g/mol. The van der Waals surface area contributed by atoms with Gasteiger partial charge in [-0.05, 0) is 26.7 Å². The van der Waals surface area contributed by atoms with Crippen molar-refractivity contribution in [3.63, 3.8) is 0 Å². The molecule has 0 aromatic carbocycles. The van der Waals surface area contributed by atoms with Crippen molar-refractivity contribution >= 4 is 12.0 Å². The van der Waals surface area contributed by atoms with E-state index in [0.717, 1.165) is 12.8 Å². The van der Waals surface area contributed by atoms with E-state index in [1.165, 1.54) is 4.90 Å². The van der Waals surface area contributed by atoms with Crippen LogP contribution in [0.4, 0.5) is 4.79 Å². The minimum Gasteiger partial charge on any atom is -0.480 e. The van der Waals surface area contributed by atoms with E-state index in [0.29, 0.717) is 26.2 Å². The standard InChI is InChI=1S/C12H22N2O4/c1-3-13(9-11(15)16)12(17)14-7-5-6-10(8-14)18-4-2/h10H,3-9H2,1-2H3,(H,15,16). The van der Waals surface area contributed by atoms with Gasteiger partial charge in [-0.1, -0.05) is 0 Å². The maximum atomic E-state index is 12.1. The zero-order chi connectivity index (χ0) is 13.5. The number of hydrogen-bond acceptors (Lipinski definition) is 3. The number of hydrogen-bond donors (Lipinski definition) is 1. The van der Waals surface area contributed by atoms with E-state index in [-0.39, 0.29) is 18.7 Å². The van der Waals surface area contributed by atoms with Crippen molar-refractivity contribution < 1.29 is 19.4 Å². The van der Waals surface area contributed by atoms with Gasteiger partial charge >= 0.3 is 12.0 Å². The average Bonchev–Trinajstić information content (AvgIpc) is 2.35. The zero-order valence-electron chi connectivity index (χ0n) is 11.1. The molecule has 0 radical (unpaired) electrons. The first-order valence-electron chi connectivity index (χ1n) is 6.45. The van der Waals surface area contributed by atoms with E-state index in [9.17, 15) is 9.59 Å². The number of aliphatic carboxylic acids is 1. The molecule has 18 heavy (non-hydrogen) atoms. The van der Waals surface area contributed by atoms with Gasteiger partial charge in [0.1, 0.15) is 6.54 Å². The smallest absolute Gasteiger partial charge is 0.323 e. The van der Waals surface area contributed by atoms with E-state index >= 15 is 0 Å². The van der Waals surface area contributed by atoms with Gasteiger partial charge in [0.05, 0.1) is 6.10 Å². The van der Waals surface area contributed by atoms with Gasteiger partial charge < -0.3 is 19.6 Å². The molecule has 1 rings (SSSR count). The number of carboxylic acid groups (broad SMARTS) is 1. The minimum atomic E-state index is -0.983. The number of amides is 2. The molecule has 1 fully saturated rings. The third-order valence-electron chi connectivity index (χ3n) is 3.03. The Kier molecular flexibility index (Phi) is 5.91. The second-order valence-corrected chi connectivity index (χ2v) is 4.36. The number of carbonyl (C=O) groups excluding carboxylic acids is 1. The van der Waals surface area contributed by atoms with E-state index in [1.54, 1.807) is 11.8 Å². The summed E-state index contributed by atoms with van der Waals surface area (Å²) < 4.78 is 5.53. The minimum absolute atomic E-state index is 0.0798. The summed E-state index contributed by atoms with van der Waals surface area (Å²) in [5.41, 5.74) is 0. The van der Waals surface area contributed by atoms with Crippen LogP contribution in [0.3, 0.4) is 0 Å². The Labute approximate surface area is 107 Å². The zero-order valence-corrected chi connectivity index (χ0v) is 11.1. The summed E-state index contributed by atoms with van der Waals surface area (Å²) >= 11 is 0. The Morgan fingerprint density at radius 1 is 1.44 bits per heavy atom. The third kappa shape index (κ3) is 4.18. The number of carbonyl (C=O) groups is 2. The number of urea groups is 1. The van der Waals surface area contributed by atoms with E-state index in [2.05, 4.69) is 0 Å². The lowest BCUT2D eigenvalue weighted by molar-refractivity contribution is -0.137. The van der Waals surface area contributed by atoms with Crippen molar-refractivity contribution in [1.29, 1.82) is 0 Å². The molecule has 2 amide bonds. The topological polar surface area (TPSA) is 70.1 Å². The highest BCUT2D eigenvalue weighted by Gasteiger charge is 2.27. The number of ether oxygens (including phenoxy) is 1. The second kappa shape index (κ2) is 7.20. The summed E-state index contributed by atoms with van der Waals surface area (Å²) in [4.78, 5) is 25.9. The summed E-state index contributed by atoms with van der Waals surface area (Å²) in [6.45, 7) is 5.75. The van der Waals surface area contributed by atoms with Gasteiger partial charge in [-0.3, -0.25) is 4.79 Å². The molecular formula is C12H22N2O4. The number of likely N-dealkylation sites (N-methyl/N-ethyl adjacent to an activating group) is 1. The Bertz CT molecular complexity index is 294. The fourth-order valence-corrected chi connectivity index (χ4v) is 2.16. The lowest BCUT2D eigenvalue weighted by Gasteiger charge is -2.35. The number of nitrogens with zero attached hydrogens (tertiary/aromatic N) is 2. The van der Waals surface area contributed by atoms with Crippen LogP contribution in [0.25, 0.3) is 0 Å². The average molecular weight is 258 g/mol. The Morgan fingerprint density at radius 3 is 2.72 bits per heavy atom. The quantitative estimate of drug-likeness (QED) is 0.799. The maximum Gasteiger partial charge on any atom is 0.323 e. The molecule has 0 bridgehead atoms. The molecule has 0 saturated carbocycles. The van der Waals surface area contributed by atoms with Crippen molar-refractivity contribution in [2.75, 3.05) is 32.8 Å². The van der Waals surface area contributed by atoms with Crippen molar-refractivity contribution in [2.24, 2.45) is 0 Å². The molecular weight excluding hydrogens is 236 g/mol. The molecule has 0 aromatic heterocycles. The van der Waals surface area contributed by atoms with Crippen LogP contribution in [-0.4, -0.2) is 65.8 Å². The molecule has 0 spiro atoms. The summed E-state index contributed by atoms with van der Waals surface area (Å²) in [7, 11) is 0. The van der Waals surface area contributed by atoms with Crippen LogP contribution in [0.2, 0.25) is 0 Å². The lowest BCUT2D eigenvalue weighted by Crippen LogP contribution is -2.50. The Hall–Kier alpha value is -1.30. The van der Waals surface area contributed by atoms with Crippen LogP contribution in [0.15, 0.2) is 0 Å². The van der Waals surface area contributed by atoms with Gasteiger partial charge in [-0.15, -0.1) is 0 Å². The predicted molar refractivity (Wildman–Crippen MR) is 66.5 cm³/mol. The summed E-state index contributed by atoms with van der Waals surface area (Å²) in [5.74, 6) is -0.983. The van der Waals surface area contributed by atoms with Crippen LogP contribution >= 0.6 is 0 Å². The Balaban J connectivity index is 2.55. The molecule has 6 heteroatoms. The third-order valence-corrected chi connectivity index (χ3v) is 3.03. The van der Waals surface area contributed by atoms with Crippen molar-refractivity contribution in [3.05, 3.63) is 0 Å². The SMILES string of the molecule is CCOC1CCCN(C(=O)N(CC)CC(=O)O)C1. The lowest BCUT2D eigenvalue weighted by atomic mass is 10.1. The Morgan fingerprint density at radius 2 is 2.17 bits per heavy atom. The van der Waals surface area contributed by atoms with Crippen LogP contribution in [-0.2, 0) is 9.53 Å². The molecule has 1 N–H and O–H groups in total. The fraction of sp³-hybridized carbons (Fsp3) is 0.833. The highest BCUT2D eigenvalue weighted by molar-refractivity contribution is 5.80. The normalized spacial score (nSPS) is 19.7. The molecule has 1 unspecified atom stereocenters. The molecule has 1 saturated heterocycles. The first-order chi connectivity index (χ1) is 8.58. The molecule has 0 aliphatic carbocycles. The van der Waals surface area contributed by atoms with Crippen molar-refractivity contribution in [2.45, 2.75) is 32.8 Å². The second-order valence-electron chi connectivity index (χ2n) is 4.36. The largest absolute Gasteiger partial charge is 0.480 e. The number of likely N-dealkylation sites (tertiary alicyclic amines) is 1. The number of piperidine rings is 1. The summed E-state index contributed by atoms with van der Waals surface area (Å²) in [6.07, 6.45) is 1.94. The van der Waals surface area contributed by atoms with Crippen molar-refractivity contribution in [1.82, 2.24) is 9.80 Å². The number of rotatable bonds is 5. The van der Waals surface area contributed by atoms with Crippen LogP contribution in [0.1, 0.15) is 26.7 Å². The summed E-state index contributed by atoms with van der Waals surface area (Å²) in [6, 6.07) is -0.204. The predicted octanol–water partition coefficient (Wildman–Crippen LogP) is 1.01. The van der Waals surface area contributed by atoms with Crippen LogP contribution < -0.4 is 0 Å². The molecule has 1 aliphatic rings. The fourth-order valence-electron chi connectivity index (χ4n) is 2.16. The summed E-state index contributed by atoms with van der Waals surface area (Å²) in [5, 5.41) is 8.76. The molecule has 6 nitrogen and oxygen atoms in total. The van der Waals surface area contributed by atoms with E-state index in [4.69, 9.17) is 9.84 Å². The molecule has 1 aliphatic heterocycles. The van der Waals surface area contributed by atoms with E-state index in [1.807, 2.05) is 6.92 Å². The molecule has 1 heterocycles. The first-order valence-corrected chi connectivity index (χ1v) is 6.45. The van der Waals surface area contributed by atoms with Gasteiger partial charge in [0.25, 0.3) is 0 Å². The highest BCUT2D eigenvalue weighted by atomic mass is 16.5. The molecule has 0 aromatic rings. The van der Waals surface area contributed by atoms with Crippen molar-refractivity contribution in [3.8, 4) is 0 Å². The molecule has 1 atom stereocenters. The molecule has 104 valence electrons. The highest BCUT2D eigenvalue weighted by Crippen LogP contribution is 2.14. The van der Waals surface area contributed by atoms with Gasteiger partial charge in [0.15, 0.2) is 0 Å².